The molecule has 0 aliphatic carbocycles. The van der Waals surface area contributed by atoms with Gasteiger partial charge in [0.15, 0.2) is 0 Å². The summed E-state index contributed by atoms with van der Waals surface area (Å²) in [4.78, 5) is 25.8. The number of amides is 1. The fourth-order valence-electron chi connectivity index (χ4n) is 5.10. The molecule has 0 saturated carbocycles. The zero-order chi connectivity index (χ0) is 25.0. The second kappa shape index (κ2) is 10.2. The first kappa shape index (κ1) is 22.8. The average Bonchev–Trinajstić information content (AvgIpc) is 3.41. The van der Waals surface area contributed by atoms with E-state index in [1.54, 1.807) is 6.33 Å². The van der Waals surface area contributed by atoms with E-state index in [0.29, 0.717) is 19.6 Å². The van der Waals surface area contributed by atoms with Gasteiger partial charge in [0.25, 0.3) is 5.91 Å². The Kier molecular flexibility index (Phi) is 6.26. The van der Waals surface area contributed by atoms with E-state index in [1.807, 2.05) is 59.6 Å². The molecule has 1 N–H and O–H groups in total. The largest absolute Gasteiger partial charge is 0.364 e. The number of benzene rings is 4. The number of nitrogens with one attached hydrogen (secondary N) is 1. The molecule has 0 bridgehead atoms. The first-order valence-corrected chi connectivity index (χ1v) is 12.6. The van der Waals surface area contributed by atoms with Crippen LogP contribution in [0.15, 0.2) is 116 Å². The highest BCUT2D eigenvalue weighted by atomic mass is 16.2. The lowest BCUT2D eigenvalue weighted by atomic mass is 9.98. The number of nitrogens with zero attached hydrogens (tertiary/aromatic N) is 3. The van der Waals surface area contributed by atoms with Crippen LogP contribution in [0.1, 0.15) is 21.6 Å². The third kappa shape index (κ3) is 4.76. The molecule has 182 valence electrons. The monoisotopic (exact) mass is 484 g/mol. The van der Waals surface area contributed by atoms with Crippen LogP contribution in [0.25, 0.3) is 22.3 Å². The highest BCUT2D eigenvalue weighted by Crippen LogP contribution is 2.33. The summed E-state index contributed by atoms with van der Waals surface area (Å²) in [5.41, 5.74) is 8.33. The third-order valence-corrected chi connectivity index (χ3v) is 6.97. The van der Waals surface area contributed by atoms with E-state index in [1.165, 1.54) is 5.56 Å². The molecule has 2 heterocycles. The Labute approximate surface area is 217 Å². The number of anilines is 1. The molecule has 0 atom stereocenters. The van der Waals surface area contributed by atoms with Gasteiger partial charge in [-0.15, -0.1) is 0 Å². The standard InChI is InChI=1S/C32H28N4O/c37-32(30-14-8-7-13-29(30)25-11-5-2-6-12-25)36-18-17-35(22-28-20-33-23-34-28)31-16-15-26(19-27(31)21-36)24-9-3-1-4-10-24/h1-16,19-20,23H,17-18,21-22H2,(H,33,34). The molecule has 5 aromatic rings. The molecule has 0 saturated heterocycles. The van der Waals surface area contributed by atoms with E-state index in [-0.39, 0.29) is 5.91 Å². The van der Waals surface area contributed by atoms with Crippen LogP contribution in [0.3, 0.4) is 0 Å². The van der Waals surface area contributed by atoms with Crippen LogP contribution in [0.4, 0.5) is 5.69 Å². The molecule has 1 aromatic heterocycles. The lowest BCUT2D eigenvalue weighted by Gasteiger charge is -2.24. The Bertz CT molecular complexity index is 1500. The molecular weight excluding hydrogens is 456 g/mol. The summed E-state index contributed by atoms with van der Waals surface area (Å²) in [6, 6.07) is 35.0. The Balaban J connectivity index is 1.37. The normalized spacial score (nSPS) is 13.2. The number of H-pyrrole nitrogens is 1. The second-order valence-corrected chi connectivity index (χ2v) is 9.33. The highest BCUT2D eigenvalue weighted by Gasteiger charge is 2.26. The first-order valence-electron chi connectivity index (χ1n) is 12.6. The molecule has 4 aromatic carbocycles. The molecule has 5 heteroatoms. The minimum absolute atomic E-state index is 0.0529. The molecular formula is C32H28N4O. The average molecular weight is 485 g/mol. The number of hydrogen-bond acceptors (Lipinski definition) is 3. The number of fused-ring (bicyclic) bond motifs is 1. The summed E-state index contributed by atoms with van der Waals surface area (Å²) in [6.45, 7) is 2.59. The van der Waals surface area contributed by atoms with E-state index < -0.39 is 0 Å². The van der Waals surface area contributed by atoms with E-state index in [0.717, 1.165) is 45.7 Å². The van der Waals surface area contributed by atoms with Crippen LogP contribution >= 0.6 is 0 Å². The van der Waals surface area contributed by atoms with Gasteiger partial charge in [-0.2, -0.15) is 0 Å². The summed E-state index contributed by atoms with van der Waals surface area (Å²) < 4.78 is 0. The zero-order valence-corrected chi connectivity index (χ0v) is 20.5. The summed E-state index contributed by atoms with van der Waals surface area (Å²) in [6.07, 6.45) is 3.64. The summed E-state index contributed by atoms with van der Waals surface area (Å²) in [5.74, 6) is 0.0529. The number of hydrogen-bond donors (Lipinski definition) is 1. The van der Waals surface area contributed by atoms with E-state index >= 15 is 0 Å². The maximum Gasteiger partial charge on any atom is 0.254 e. The molecule has 1 amide bonds. The van der Waals surface area contributed by atoms with Crippen molar-refractivity contribution < 1.29 is 4.79 Å². The maximum atomic E-state index is 14.0. The van der Waals surface area contributed by atoms with Crippen molar-refractivity contribution in [1.29, 1.82) is 0 Å². The Morgan fingerprint density at radius 3 is 2.27 bits per heavy atom. The van der Waals surface area contributed by atoms with Crippen molar-refractivity contribution in [3.8, 4) is 22.3 Å². The molecule has 0 unspecified atom stereocenters. The third-order valence-electron chi connectivity index (χ3n) is 6.97. The maximum absolute atomic E-state index is 14.0. The number of aromatic nitrogens is 2. The predicted molar refractivity (Wildman–Crippen MR) is 148 cm³/mol. The molecule has 5 nitrogen and oxygen atoms in total. The molecule has 1 aliphatic heterocycles. The van der Waals surface area contributed by atoms with Gasteiger partial charge in [0, 0.05) is 37.1 Å². The minimum Gasteiger partial charge on any atom is -0.364 e. The number of imidazole rings is 1. The smallest absolute Gasteiger partial charge is 0.254 e. The van der Waals surface area contributed by atoms with Crippen LogP contribution < -0.4 is 4.90 Å². The molecule has 0 radical (unpaired) electrons. The predicted octanol–water partition coefficient (Wildman–Crippen LogP) is 6.41. The summed E-state index contributed by atoms with van der Waals surface area (Å²) >= 11 is 0. The van der Waals surface area contributed by atoms with Gasteiger partial charge in [0.05, 0.1) is 18.6 Å². The molecule has 37 heavy (non-hydrogen) atoms. The molecule has 0 fully saturated rings. The van der Waals surface area contributed by atoms with E-state index in [2.05, 4.69) is 69.5 Å². The topological polar surface area (TPSA) is 52.2 Å². The van der Waals surface area contributed by atoms with Gasteiger partial charge in [-0.05, 0) is 46.0 Å². The van der Waals surface area contributed by atoms with Gasteiger partial charge in [-0.25, -0.2) is 4.98 Å². The van der Waals surface area contributed by atoms with Gasteiger partial charge >= 0.3 is 0 Å². The van der Waals surface area contributed by atoms with Crippen molar-refractivity contribution in [2.24, 2.45) is 0 Å². The number of carbonyl (C=O) groups excluding carboxylic acids is 1. The lowest BCUT2D eigenvalue weighted by molar-refractivity contribution is 0.0752. The number of aromatic amines is 1. The van der Waals surface area contributed by atoms with Crippen molar-refractivity contribution in [2.75, 3.05) is 18.0 Å². The summed E-state index contributed by atoms with van der Waals surface area (Å²) in [7, 11) is 0. The second-order valence-electron chi connectivity index (χ2n) is 9.33. The van der Waals surface area contributed by atoms with Crippen molar-refractivity contribution in [2.45, 2.75) is 13.1 Å². The van der Waals surface area contributed by atoms with Gasteiger partial charge in [0.1, 0.15) is 0 Å². The van der Waals surface area contributed by atoms with Gasteiger partial charge in [0.2, 0.25) is 0 Å². The Hall–Kier alpha value is -4.64. The first-order chi connectivity index (χ1) is 18.3. The van der Waals surface area contributed by atoms with Crippen LogP contribution in [-0.2, 0) is 13.1 Å². The van der Waals surface area contributed by atoms with Gasteiger partial charge < -0.3 is 14.8 Å². The minimum atomic E-state index is 0.0529. The van der Waals surface area contributed by atoms with Crippen molar-refractivity contribution in [3.63, 3.8) is 0 Å². The SMILES string of the molecule is O=C(c1ccccc1-c1ccccc1)N1CCN(Cc2c[nH]cn2)c2ccc(-c3ccccc3)cc2C1. The molecule has 0 spiro atoms. The fraction of sp³-hybridized carbons (Fsp3) is 0.125. The van der Waals surface area contributed by atoms with Crippen molar-refractivity contribution in [3.05, 3.63) is 132 Å². The number of carbonyl (C=O) groups is 1. The Morgan fingerprint density at radius 1 is 0.784 bits per heavy atom. The quantitative estimate of drug-likeness (QED) is 0.314. The molecule has 1 aliphatic rings. The van der Waals surface area contributed by atoms with Crippen LogP contribution in [0.5, 0.6) is 0 Å². The van der Waals surface area contributed by atoms with Crippen LogP contribution in [0, 0.1) is 0 Å². The van der Waals surface area contributed by atoms with E-state index in [9.17, 15) is 4.79 Å². The van der Waals surface area contributed by atoms with Crippen molar-refractivity contribution in [1.82, 2.24) is 14.9 Å². The number of rotatable bonds is 5. The summed E-state index contributed by atoms with van der Waals surface area (Å²) in [5, 5.41) is 0. The van der Waals surface area contributed by atoms with Crippen LogP contribution in [0.2, 0.25) is 0 Å². The lowest BCUT2D eigenvalue weighted by Crippen LogP contribution is -2.35. The highest BCUT2D eigenvalue weighted by molar-refractivity contribution is 6.01. The van der Waals surface area contributed by atoms with Crippen molar-refractivity contribution >= 4 is 11.6 Å². The fourth-order valence-corrected chi connectivity index (χ4v) is 5.10. The zero-order valence-electron chi connectivity index (χ0n) is 20.5. The van der Waals surface area contributed by atoms with Gasteiger partial charge in [-0.1, -0.05) is 84.9 Å². The van der Waals surface area contributed by atoms with E-state index in [4.69, 9.17) is 0 Å². The Morgan fingerprint density at radius 2 is 1.51 bits per heavy atom. The van der Waals surface area contributed by atoms with Gasteiger partial charge in [-0.3, -0.25) is 4.79 Å². The van der Waals surface area contributed by atoms with Crippen LogP contribution in [-0.4, -0.2) is 33.9 Å². The molecule has 6 rings (SSSR count).